The fourth-order valence-electron chi connectivity index (χ4n) is 1.35. The van der Waals surface area contributed by atoms with Crippen molar-refractivity contribution in [1.29, 1.82) is 0 Å². The number of carbonyl (C=O) groups is 2. The number of nitrogens with one attached hydrogen (secondary N) is 2. The van der Waals surface area contributed by atoms with Gasteiger partial charge in [0.15, 0.2) is 0 Å². The number of ether oxygens (including phenoxy) is 1. The van der Waals surface area contributed by atoms with Gasteiger partial charge in [0, 0.05) is 17.8 Å². The summed E-state index contributed by atoms with van der Waals surface area (Å²) in [4.78, 5) is 22.8. The number of unbranched alkanes of at least 4 members (excludes halogenated alkanes) is 1. The molecule has 0 bridgehead atoms. The molecule has 2 amide bonds. The van der Waals surface area contributed by atoms with E-state index in [1.165, 1.54) is 0 Å². The maximum absolute atomic E-state index is 11.4. The first-order valence-electron chi connectivity index (χ1n) is 6.55. The monoisotopic (exact) mass is 276 g/mol. The maximum atomic E-state index is 11.4. The van der Waals surface area contributed by atoms with Crippen molar-refractivity contribution in [1.82, 2.24) is 5.32 Å². The standard InChI is InChI=1S/C15H20N2O3/c1-4-5-10-16-15(19)20-13-8-6-12(7-9-13)17-14(18)11(2)3/h6-9H,2,4-5,10H2,1,3H3,(H,16,19)(H,17,18). The number of amides is 2. The number of benzene rings is 1. The molecule has 0 radical (unpaired) electrons. The fraction of sp³-hybridized carbons (Fsp3) is 0.333. The topological polar surface area (TPSA) is 67.4 Å². The highest BCUT2D eigenvalue weighted by Crippen LogP contribution is 2.16. The SMILES string of the molecule is C=C(C)C(=O)Nc1ccc(OC(=O)NCCCC)cc1. The molecule has 0 unspecified atom stereocenters. The van der Waals surface area contributed by atoms with Gasteiger partial charge in [-0.2, -0.15) is 0 Å². The normalized spacial score (nSPS) is 9.70. The molecular weight excluding hydrogens is 256 g/mol. The Kier molecular flexibility index (Phi) is 6.29. The zero-order valence-electron chi connectivity index (χ0n) is 11.9. The third-order valence-corrected chi connectivity index (χ3v) is 2.51. The van der Waals surface area contributed by atoms with E-state index in [0.29, 0.717) is 23.6 Å². The van der Waals surface area contributed by atoms with Gasteiger partial charge in [0.05, 0.1) is 0 Å². The Bertz CT molecular complexity index is 480. The lowest BCUT2D eigenvalue weighted by molar-refractivity contribution is -0.112. The Labute approximate surface area is 119 Å². The molecule has 108 valence electrons. The molecule has 0 spiro atoms. The van der Waals surface area contributed by atoms with E-state index in [2.05, 4.69) is 17.2 Å². The highest BCUT2D eigenvalue weighted by Gasteiger charge is 2.05. The van der Waals surface area contributed by atoms with E-state index in [-0.39, 0.29) is 5.91 Å². The number of rotatable bonds is 6. The van der Waals surface area contributed by atoms with Crippen LogP contribution in [-0.4, -0.2) is 18.5 Å². The number of hydrogen-bond donors (Lipinski definition) is 2. The molecule has 0 aliphatic heterocycles. The van der Waals surface area contributed by atoms with Crippen LogP contribution in [-0.2, 0) is 4.79 Å². The van der Waals surface area contributed by atoms with E-state index in [4.69, 9.17) is 4.74 Å². The van der Waals surface area contributed by atoms with Crippen LogP contribution in [0.3, 0.4) is 0 Å². The molecule has 0 saturated heterocycles. The molecule has 0 heterocycles. The van der Waals surface area contributed by atoms with E-state index in [9.17, 15) is 9.59 Å². The highest BCUT2D eigenvalue weighted by molar-refractivity contribution is 6.02. The Hall–Kier alpha value is -2.30. The van der Waals surface area contributed by atoms with Crippen LogP contribution in [0.25, 0.3) is 0 Å². The van der Waals surface area contributed by atoms with E-state index in [0.717, 1.165) is 12.8 Å². The average molecular weight is 276 g/mol. The lowest BCUT2D eigenvalue weighted by Crippen LogP contribution is -2.27. The lowest BCUT2D eigenvalue weighted by Gasteiger charge is -2.08. The summed E-state index contributed by atoms with van der Waals surface area (Å²) in [6.45, 7) is 7.83. The van der Waals surface area contributed by atoms with Crippen LogP contribution in [0, 0.1) is 0 Å². The van der Waals surface area contributed by atoms with Gasteiger partial charge in [0.25, 0.3) is 5.91 Å². The van der Waals surface area contributed by atoms with Gasteiger partial charge in [0.1, 0.15) is 5.75 Å². The van der Waals surface area contributed by atoms with Gasteiger partial charge in [-0.1, -0.05) is 19.9 Å². The molecule has 1 aromatic carbocycles. The van der Waals surface area contributed by atoms with Crippen molar-refractivity contribution >= 4 is 17.7 Å². The van der Waals surface area contributed by atoms with Crippen molar-refractivity contribution in [3.05, 3.63) is 36.4 Å². The van der Waals surface area contributed by atoms with Crippen LogP contribution in [0.4, 0.5) is 10.5 Å². The number of anilines is 1. The van der Waals surface area contributed by atoms with Crippen molar-refractivity contribution in [2.24, 2.45) is 0 Å². The van der Waals surface area contributed by atoms with Gasteiger partial charge in [-0.05, 0) is 37.6 Å². The van der Waals surface area contributed by atoms with Crippen molar-refractivity contribution in [3.8, 4) is 5.75 Å². The molecule has 0 aliphatic carbocycles. The predicted molar refractivity (Wildman–Crippen MR) is 78.8 cm³/mol. The Morgan fingerprint density at radius 3 is 2.45 bits per heavy atom. The van der Waals surface area contributed by atoms with Gasteiger partial charge >= 0.3 is 6.09 Å². The minimum absolute atomic E-state index is 0.240. The summed E-state index contributed by atoms with van der Waals surface area (Å²) >= 11 is 0. The van der Waals surface area contributed by atoms with Crippen molar-refractivity contribution < 1.29 is 14.3 Å². The van der Waals surface area contributed by atoms with Crippen LogP contribution in [0.15, 0.2) is 36.4 Å². The Morgan fingerprint density at radius 1 is 1.25 bits per heavy atom. The molecule has 20 heavy (non-hydrogen) atoms. The molecule has 0 aromatic heterocycles. The average Bonchev–Trinajstić information content (AvgIpc) is 2.41. The summed E-state index contributed by atoms with van der Waals surface area (Å²) in [6.07, 6.45) is 1.45. The van der Waals surface area contributed by atoms with Crippen LogP contribution in [0.2, 0.25) is 0 Å². The Balaban J connectivity index is 2.48. The highest BCUT2D eigenvalue weighted by atomic mass is 16.6. The Morgan fingerprint density at radius 2 is 1.90 bits per heavy atom. The first-order valence-corrected chi connectivity index (χ1v) is 6.55. The van der Waals surface area contributed by atoms with Gasteiger partial charge in [-0.25, -0.2) is 4.79 Å². The van der Waals surface area contributed by atoms with Crippen molar-refractivity contribution in [2.45, 2.75) is 26.7 Å². The van der Waals surface area contributed by atoms with Gasteiger partial charge in [0.2, 0.25) is 0 Å². The second kappa shape index (κ2) is 7.99. The molecular formula is C15H20N2O3. The van der Waals surface area contributed by atoms with Crippen molar-refractivity contribution in [2.75, 3.05) is 11.9 Å². The second-order valence-electron chi connectivity index (χ2n) is 4.43. The third-order valence-electron chi connectivity index (χ3n) is 2.51. The summed E-state index contributed by atoms with van der Waals surface area (Å²) in [5, 5.41) is 5.32. The molecule has 0 atom stereocenters. The molecule has 1 aromatic rings. The van der Waals surface area contributed by atoms with Gasteiger partial charge in [-0.15, -0.1) is 0 Å². The molecule has 1 rings (SSSR count). The smallest absolute Gasteiger partial charge is 0.410 e. The van der Waals surface area contributed by atoms with Crippen LogP contribution in [0.1, 0.15) is 26.7 Å². The third kappa shape index (κ3) is 5.56. The predicted octanol–water partition coefficient (Wildman–Crippen LogP) is 3.09. The van der Waals surface area contributed by atoms with E-state index < -0.39 is 6.09 Å². The van der Waals surface area contributed by atoms with Crippen LogP contribution < -0.4 is 15.4 Å². The largest absolute Gasteiger partial charge is 0.412 e. The molecule has 5 heteroatoms. The fourth-order valence-corrected chi connectivity index (χ4v) is 1.35. The summed E-state index contributed by atoms with van der Waals surface area (Å²) in [5.41, 5.74) is 1.05. The van der Waals surface area contributed by atoms with Crippen molar-refractivity contribution in [3.63, 3.8) is 0 Å². The summed E-state index contributed by atoms with van der Waals surface area (Å²) < 4.78 is 5.09. The zero-order valence-corrected chi connectivity index (χ0v) is 11.9. The van der Waals surface area contributed by atoms with Gasteiger partial charge in [-0.3, -0.25) is 4.79 Å². The van der Waals surface area contributed by atoms with E-state index >= 15 is 0 Å². The summed E-state index contributed by atoms with van der Waals surface area (Å²) in [6, 6.07) is 6.56. The quantitative estimate of drug-likeness (QED) is 0.619. The van der Waals surface area contributed by atoms with E-state index in [1.54, 1.807) is 31.2 Å². The second-order valence-corrected chi connectivity index (χ2v) is 4.43. The molecule has 0 aliphatic rings. The van der Waals surface area contributed by atoms with Gasteiger partial charge < -0.3 is 15.4 Å². The zero-order chi connectivity index (χ0) is 15.0. The molecule has 0 saturated carbocycles. The first kappa shape index (κ1) is 15.8. The molecule has 5 nitrogen and oxygen atoms in total. The minimum Gasteiger partial charge on any atom is -0.410 e. The van der Waals surface area contributed by atoms with Crippen LogP contribution >= 0.6 is 0 Å². The lowest BCUT2D eigenvalue weighted by atomic mass is 10.2. The summed E-state index contributed by atoms with van der Waals surface area (Å²) in [7, 11) is 0. The summed E-state index contributed by atoms with van der Waals surface area (Å²) in [5.74, 6) is 0.184. The number of carbonyl (C=O) groups excluding carboxylic acids is 2. The first-order chi connectivity index (χ1) is 9.52. The number of hydrogen-bond acceptors (Lipinski definition) is 3. The minimum atomic E-state index is -0.475. The maximum Gasteiger partial charge on any atom is 0.412 e. The molecule has 2 N–H and O–H groups in total. The molecule has 0 fully saturated rings. The van der Waals surface area contributed by atoms with Crippen LogP contribution in [0.5, 0.6) is 5.75 Å². The van der Waals surface area contributed by atoms with E-state index in [1.807, 2.05) is 6.92 Å².